The predicted molar refractivity (Wildman–Crippen MR) is 70.1 cm³/mol. The standard InChI is InChI=1S/C14H17FN2O2/c1-9(2)13-14(19)17(8-7-12(18)16-13)11-5-3-10(15)4-6-11/h3-6,9,13H,7-8H2,1-2H3,(H,16,18). The molecule has 0 aromatic heterocycles. The lowest BCUT2D eigenvalue weighted by atomic mass is 10.0. The highest BCUT2D eigenvalue weighted by atomic mass is 19.1. The second kappa shape index (κ2) is 5.38. The lowest BCUT2D eigenvalue weighted by molar-refractivity contribution is -0.126. The van der Waals surface area contributed by atoms with Crippen molar-refractivity contribution >= 4 is 17.5 Å². The van der Waals surface area contributed by atoms with Crippen LogP contribution in [0.25, 0.3) is 0 Å². The van der Waals surface area contributed by atoms with Gasteiger partial charge in [-0.3, -0.25) is 9.59 Å². The molecule has 0 bridgehead atoms. The van der Waals surface area contributed by atoms with Gasteiger partial charge in [0.25, 0.3) is 0 Å². The normalized spacial score (nSPS) is 20.4. The third kappa shape index (κ3) is 2.92. The highest BCUT2D eigenvalue weighted by molar-refractivity contribution is 6.01. The van der Waals surface area contributed by atoms with Crippen LogP contribution in [0.3, 0.4) is 0 Å². The average molecular weight is 264 g/mol. The highest BCUT2D eigenvalue weighted by Crippen LogP contribution is 2.20. The van der Waals surface area contributed by atoms with Gasteiger partial charge in [0, 0.05) is 18.7 Å². The maximum absolute atomic E-state index is 12.9. The summed E-state index contributed by atoms with van der Waals surface area (Å²) in [5.41, 5.74) is 0.619. The number of rotatable bonds is 2. The third-order valence-corrected chi connectivity index (χ3v) is 3.22. The molecule has 4 nitrogen and oxygen atoms in total. The van der Waals surface area contributed by atoms with Crippen molar-refractivity contribution in [2.45, 2.75) is 26.3 Å². The van der Waals surface area contributed by atoms with Gasteiger partial charge in [0.2, 0.25) is 11.8 Å². The summed E-state index contributed by atoms with van der Waals surface area (Å²) >= 11 is 0. The molecular weight excluding hydrogens is 247 g/mol. The topological polar surface area (TPSA) is 49.4 Å². The van der Waals surface area contributed by atoms with Crippen molar-refractivity contribution in [3.8, 4) is 0 Å². The Morgan fingerprint density at radius 1 is 1.26 bits per heavy atom. The molecule has 1 aliphatic heterocycles. The molecule has 19 heavy (non-hydrogen) atoms. The van der Waals surface area contributed by atoms with Crippen molar-refractivity contribution in [2.75, 3.05) is 11.4 Å². The lowest BCUT2D eigenvalue weighted by Crippen LogP contribution is -2.47. The Morgan fingerprint density at radius 3 is 2.47 bits per heavy atom. The maximum Gasteiger partial charge on any atom is 0.249 e. The van der Waals surface area contributed by atoms with Gasteiger partial charge < -0.3 is 10.2 Å². The van der Waals surface area contributed by atoms with Gasteiger partial charge in [-0.05, 0) is 30.2 Å². The van der Waals surface area contributed by atoms with Crippen molar-refractivity contribution < 1.29 is 14.0 Å². The molecule has 2 rings (SSSR count). The first kappa shape index (κ1) is 13.5. The van der Waals surface area contributed by atoms with Crippen LogP contribution in [0.15, 0.2) is 24.3 Å². The van der Waals surface area contributed by atoms with Crippen LogP contribution in [-0.2, 0) is 9.59 Å². The molecule has 1 aliphatic rings. The molecule has 0 aliphatic carbocycles. The summed E-state index contributed by atoms with van der Waals surface area (Å²) in [6.45, 7) is 4.09. The number of benzene rings is 1. The number of hydrogen-bond donors (Lipinski definition) is 1. The van der Waals surface area contributed by atoms with E-state index in [-0.39, 0.29) is 30.0 Å². The van der Waals surface area contributed by atoms with Crippen LogP contribution < -0.4 is 10.2 Å². The fraction of sp³-hybridized carbons (Fsp3) is 0.429. The summed E-state index contributed by atoms with van der Waals surface area (Å²) in [6, 6.07) is 5.21. The van der Waals surface area contributed by atoms with Crippen LogP contribution in [0.1, 0.15) is 20.3 Å². The SMILES string of the molecule is CC(C)C1NC(=O)CCN(c2ccc(F)cc2)C1=O. The predicted octanol–water partition coefficient (Wildman–Crippen LogP) is 1.70. The summed E-state index contributed by atoms with van der Waals surface area (Å²) in [5, 5.41) is 2.73. The van der Waals surface area contributed by atoms with E-state index in [1.54, 1.807) is 17.0 Å². The van der Waals surface area contributed by atoms with E-state index in [4.69, 9.17) is 0 Å². The van der Waals surface area contributed by atoms with Gasteiger partial charge in [-0.1, -0.05) is 13.8 Å². The Labute approximate surface area is 111 Å². The molecule has 1 aromatic rings. The van der Waals surface area contributed by atoms with Crippen LogP contribution in [0, 0.1) is 11.7 Å². The van der Waals surface area contributed by atoms with Gasteiger partial charge in [0.05, 0.1) is 0 Å². The Balaban J connectivity index is 2.30. The van der Waals surface area contributed by atoms with Crippen molar-refractivity contribution in [3.63, 3.8) is 0 Å². The summed E-state index contributed by atoms with van der Waals surface area (Å²) in [5.74, 6) is -0.609. The molecule has 1 saturated heterocycles. The Hall–Kier alpha value is -1.91. The molecule has 1 heterocycles. The number of carbonyl (C=O) groups is 2. The van der Waals surface area contributed by atoms with E-state index in [1.165, 1.54) is 12.1 Å². The zero-order valence-corrected chi connectivity index (χ0v) is 11.0. The first-order chi connectivity index (χ1) is 8.99. The van der Waals surface area contributed by atoms with Crippen molar-refractivity contribution in [2.24, 2.45) is 5.92 Å². The second-order valence-electron chi connectivity index (χ2n) is 5.01. The Morgan fingerprint density at radius 2 is 1.89 bits per heavy atom. The van der Waals surface area contributed by atoms with Gasteiger partial charge in [-0.15, -0.1) is 0 Å². The fourth-order valence-corrected chi connectivity index (χ4v) is 2.13. The quantitative estimate of drug-likeness (QED) is 0.884. The first-order valence-electron chi connectivity index (χ1n) is 6.35. The van der Waals surface area contributed by atoms with E-state index in [9.17, 15) is 14.0 Å². The molecule has 0 spiro atoms. The van der Waals surface area contributed by atoms with E-state index < -0.39 is 6.04 Å². The number of anilines is 1. The largest absolute Gasteiger partial charge is 0.344 e. The minimum absolute atomic E-state index is 0.0116. The van der Waals surface area contributed by atoms with Crippen LogP contribution in [0.4, 0.5) is 10.1 Å². The monoisotopic (exact) mass is 264 g/mol. The molecule has 1 fully saturated rings. The van der Waals surface area contributed by atoms with Gasteiger partial charge in [0.15, 0.2) is 0 Å². The Kier molecular flexibility index (Phi) is 3.83. The summed E-state index contributed by atoms with van der Waals surface area (Å²) in [6.07, 6.45) is 0.256. The zero-order valence-electron chi connectivity index (χ0n) is 11.0. The molecule has 0 radical (unpaired) electrons. The minimum Gasteiger partial charge on any atom is -0.344 e. The number of hydrogen-bond acceptors (Lipinski definition) is 2. The van der Waals surface area contributed by atoms with Crippen LogP contribution >= 0.6 is 0 Å². The summed E-state index contributed by atoms with van der Waals surface area (Å²) in [7, 11) is 0. The van der Waals surface area contributed by atoms with Crippen LogP contribution in [-0.4, -0.2) is 24.4 Å². The number of carbonyl (C=O) groups excluding carboxylic acids is 2. The van der Waals surface area contributed by atoms with Gasteiger partial charge in [0.1, 0.15) is 11.9 Å². The van der Waals surface area contributed by atoms with E-state index in [0.29, 0.717) is 12.2 Å². The van der Waals surface area contributed by atoms with E-state index >= 15 is 0 Å². The molecule has 1 unspecified atom stereocenters. The number of amides is 2. The lowest BCUT2D eigenvalue weighted by Gasteiger charge is -2.26. The molecule has 1 atom stereocenters. The summed E-state index contributed by atoms with van der Waals surface area (Å²) < 4.78 is 12.9. The van der Waals surface area contributed by atoms with Crippen LogP contribution in [0.5, 0.6) is 0 Å². The molecule has 102 valence electrons. The van der Waals surface area contributed by atoms with Crippen LogP contribution in [0.2, 0.25) is 0 Å². The molecule has 1 N–H and O–H groups in total. The molecule has 1 aromatic carbocycles. The maximum atomic E-state index is 12.9. The highest BCUT2D eigenvalue weighted by Gasteiger charge is 2.32. The minimum atomic E-state index is -0.528. The molecular formula is C14H17FN2O2. The average Bonchev–Trinajstić information content (AvgIpc) is 2.51. The second-order valence-corrected chi connectivity index (χ2v) is 5.01. The first-order valence-corrected chi connectivity index (χ1v) is 6.35. The number of halogens is 1. The van der Waals surface area contributed by atoms with E-state index in [0.717, 1.165) is 0 Å². The van der Waals surface area contributed by atoms with E-state index in [1.807, 2.05) is 13.8 Å². The molecule has 0 saturated carbocycles. The van der Waals surface area contributed by atoms with Crippen molar-refractivity contribution in [1.82, 2.24) is 5.32 Å². The smallest absolute Gasteiger partial charge is 0.249 e. The molecule has 2 amide bonds. The third-order valence-electron chi connectivity index (χ3n) is 3.22. The van der Waals surface area contributed by atoms with Gasteiger partial charge in [-0.25, -0.2) is 4.39 Å². The summed E-state index contributed by atoms with van der Waals surface area (Å²) in [4.78, 5) is 25.6. The van der Waals surface area contributed by atoms with Gasteiger partial charge >= 0.3 is 0 Å². The fourth-order valence-electron chi connectivity index (χ4n) is 2.13. The number of nitrogens with zero attached hydrogens (tertiary/aromatic N) is 1. The van der Waals surface area contributed by atoms with Crippen molar-refractivity contribution in [1.29, 1.82) is 0 Å². The van der Waals surface area contributed by atoms with E-state index in [2.05, 4.69) is 5.32 Å². The number of nitrogens with one attached hydrogen (secondary N) is 1. The van der Waals surface area contributed by atoms with Crippen molar-refractivity contribution in [3.05, 3.63) is 30.1 Å². The van der Waals surface area contributed by atoms with Gasteiger partial charge in [-0.2, -0.15) is 0 Å². The Bertz CT molecular complexity index is 485. The zero-order chi connectivity index (χ0) is 14.0. The molecule has 5 heteroatoms.